The molecule has 9 nitrogen and oxygen atoms in total. The molecule has 44 heavy (non-hydrogen) atoms. The predicted octanol–water partition coefficient (Wildman–Crippen LogP) is 7.39. The third kappa shape index (κ3) is 7.81. The van der Waals surface area contributed by atoms with Crippen LogP contribution in [0.4, 0.5) is 15.9 Å². The molecule has 2 aromatic heterocycles. The van der Waals surface area contributed by atoms with Crippen molar-refractivity contribution in [2.45, 2.75) is 26.1 Å². The lowest BCUT2D eigenvalue weighted by atomic mass is 10.1. The summed E-state index contributed by atoms with van der Waals surface area (Å²) >= 11 is 7.95. The van der Waals surface area contributed by atoms with Crippen molar-refractivity contribution >= 4 is 55.2 Å². The van der Waals surface area contributed by atoms with Crippen molar-refractivity contribution in [3.63, 3.8) is 0 Å². The largest absolute Gasteiger partial charge is 0.496 e. The molecule has 13 heteroatoms. The van der Waals surface area contributed by atoms with E-state index in [4.69, 9.17) is 30.8 Å². The number of benzene rings is 3. The number of methoxy groups -OCH3 is 1. The van der Waals surface area contributed by atoms with Gasteiger partial charge in [-0.1, -0.05) is 30.7 Å². The predicted molar refractivity (Wildman–Crippen MR) is 171 cm³/mol. The molecule has 5 aromatic rings. The number of nitrogens with one attached hydrogen (secondary N) is 1. The average Bonchev–Trinajstić information content (AvgIpc) is 3.48. The Bertz CT molecular complexity index is 1890. The van der Waals surface area contributed by atoms with Crippen LogP contribution < -0.4 is 14.8 Å². The van der Waals surface area contributed by atoms with E-state index in [1.165, 1.54) is 36.1 Å². The van der Waals surface area contributed by atoms with Crippen LogP contribution in [0.2, 0.25) is 5.02 Å². The Balaban J connectivity index is 1.38. The quantitative estimate of drug-likeness (QED) is 0.139. The molecule has 1 unspecified atom stereocenters. The van der Waals surface area contributed by atoms with E-state index in [0.717, 1.165) is 16.0 Å². The molecular formula is C31H30ClFN4O5S2. The van der Waals surface area contributed by atoms with Crippen LogP contribution in [0, 0.1) is 5.82 Å². The molecule has 0 spiro atoms. The van der Waals surface area contributed by atoms with Crippen LogP contribution in [0.5, 0.6) is 11.5 Å². The van der Waals surface area contributed by atoms with Gasteiger partial charge in [0.25, 0.3) is 0 Å². The zero-order valence-corrected chi connectivity index (χ0v) is 26.6. The number of rotatable bonds is 13. The van der Waals surface area contributed by atoms with Crippen LogP contribution in [0.25, 0.3) is 22.2 Å². The Hall–Kier alpha value is -3.84. The molecule has 0 aliphatic rings. The molecule has 1 atom stereocenters. The van der Waals surface area contributed by atoms with Crippen molar-refractivity contribution in [2.24, 2.45) is 0 Å². The van der Waals surface area contributed by atoms with E-state index in [1.54, 1.807) is 31.4 Å². The van der Waals surface area contributed by atoms with Crippen LogP contribution in [0.3, 0.4) is 0 Å². The number of hydrogen-bond donors (Lipinski definition) is 1. The van der Waals surface area contributed by atoms with Crippen molar-refractivity contribution in [3.8, 4) is 22.8 Å². The molecule has 0 saturated carbocycles. The summed E-state index contributed by atoms with van der Waals surface area (Å²) in [5.41, 5.74) is 3.46. The fraction of sp³-hybridized carbons (Fsp3) is 0.258. The van der Waals surface area contributed by atoms with Crippen molar-refractivity contribution in [2.75, 3.05) is 31.0 Å². The maximum atomic E-state index is 13.5. The fourth-order valence-electron chi connectivity index (χ4n) is 4.44. The molecule has 3 aromatic carbocycles. The van der Waals surface area contributed by atoms with Gasteiger partial charge in [-0.3, -0.25) is 0 Å². The first-order valence-electron chi connectivity index (χ1n) is 13.6. The van der Waals surface area contributed by atoms with E-state index in [9.17, 15) is 12.8 Å². The molecule has 1 N–H and O–H groups in total. The molecule has 5 rings (SSSR count). The first-order chi connectivity index (χ1) is 21.1. The van der Waals surface area contributed by atoms with Crippen molar-refractivity contribution in [3.05, 3.63) is 87.7 Å². The van der Waals surface area contributed by atoms with Gasteiger partial charge in [-0.25, -0.2) is 27.8 Å². The molecule has 2 heterocycles. The summed E-state index contributed by atoms with van der Waals surface area (Å²) in [6, 6.07) is 15.2. The van der Waals surface area contributed by atoms with Crippen molar-refractivity contribution < 1.29 is 27.0 Å². The van der Waals surface area contributed by atoms with Gasteiger partial charge in [0.2, 0.25) is 0 Å². The third-order valence-electron chi connectivity index (χ3n) is 6.65. The summed E-state index contributed by atoms with van der Waals surface area (Å²) in [5.74, 6) is 1.23. The monoisotopic (exact) mass is 656 g/mol. The molecule has 0 saturated heterocycles. The van der Waals surface area contributed by atoms with E-state index >= 15 is 0 Å². The van der Waals surface area contributed by atoms with Crippen LogP contribution in [-0.4, -0.2) is 49.1 Å². The molecular weight excluding hydrogens is 627 g/mol. The molecule has 0 aliphatic carbocycles. The highest BCUT2D eigenvalue weighted by atomic mass is 35.5. The number of hydrogen-bond acceptors (Lipinski definition) is 10. The normalized spacial score (nSPS) is 12.3. The lowest BCUT2D eigenvalue weighted by Gasteiger charge is -2.14. The second-order valence-electron chi connectivity index (χ2n) is 9.95. The van der Waals surface area contributed by atoms with Gasteiger partial charge in [-0.05, 0) is 48.4 Å². The van der Waals surface area contributed by atoms with Gasteiger partial charge in [0.05, 0.1) is 35.7 Å². The van der Waals surface area contributed by atoms with E-state index in [0.29, 0.717) is 51.2 Å². The summed E-state index contributed by atoms with van der Waals surface area (Å²) in [7, 11) is -1.54. The molecule has 0 bridgehead atoms. The van der Waals surface area contributed by atoms with Gasteiger partial charge in [0, 0.05) is 34.3 Å². The molecule has 0 aliphatic heterocycles. The number of anilines is 2. The van der Waals surface area contributed by atoms with Gasteiger partial charge < -0.3 is 19.5 Å². The second-order valence-corrected chi connectivity index (χ2v) is 13.5. The van der Waals surface area contributed by atoms with Crippen LogP contribution in [0.15, 0.2) is 66.3 Å². The number of nitrogens with zero attached hydrogens (tertiary/aromatic N) is 3. The average molecular weight is 657 g/mol. The Morgan fingerprint density at radius 3 is 2.66 bits per heavy atom. The highest BCUT2D eigenvalue weighted by Gasteiger charge is 2.19. The van der Waals surface area contributed by atoms with Gasteiger partial charge in [-0.15, -0.1) is 11.3 Å². The summed E-state index contributed by atoms with van der Waals surface area (Å²) in [4.78, 5) is 13.7. The number of halogens is 2. The number of thiazole rings is 1. The summed E-state index contributed by atoms with van der Waals surface area (Å²) in [6.07, 6.45) is 2.97. The smallest absolute Gasteiger partial charge is 0.149 e. The lowest BCUT2D eigenvalue weighted by molar-refractivity contribution is 0.0610. The van der Waals surface area contributed by atoms with E-state index < -0.39 is 9.84 Å². The highest BCUT2D eigenvalue weighted by Crippen LogP contribution is 2.38. The summed E-state index contributed by atoms with van der Waals surface area (Å²) in [5, 5.41) is 7.09. The van der Waals surface area contributed by atoms with E-state index in [2.05, 4.69) is 15.3 Å². The summed E-state index contributed by atoms with van der Waals surface area (Å²) < 4.78 is 53.9. The SMILES string of the molecule is CCC(OCCS(C)(=O)=O)c1nc(-c2cc3c(Nc4ccc(OCc5cccc(F)c5)c(Cl)c4)ncnc3cc2OC)cs1. The number of fused-ring (bicyclic) bond motifs is 1. The maximum absolute atomic E-state index is 13.5. The van der Waals surface area contributed by atoms with Gasteiger partial charge >= 0.3 is 0 Å². The fourth-order valence-corrected chi connectivity index (χ4v) is 6.02. The van der Waals surface area contributed by atoms with E-state index in [-0.39, 0.29) is 30.9 Å². The van der Waals surface area contributed by atoms with Crippen molar-refractivity contribution in [1.29, 1.82) is 0 Å². The first kappa shape index (κ1) is 31.6. The first-order valence-corrected chi connectivity index (χ1v) is 17.0. The van der Waals surface area contributed by atoms with E-state index in [1.807, 2.05) is 30.5 Å². The Kier molecular flexibility index (Phi) is 9.94. The van der Waals surface area contributed by atoms with Gasteiger partial charge in [-0.2, -0.15) is 0 Å². The molecule has 0 amide bonds. The van der Waals surface area contributed by atoms with Gasteiger partial charge in [0.1, 0.15) is 57.0 Å². The zero-order valence-electron chi connectivity index (χ0n) is 24.2. The van der Waals surface area contributed by atoms with Gasteiger partial charge in [0.15, 0.2) is 0 Å². The minimum Gasteiger partial charge on any atom is -0.496 e. The third-order valence-corrected chi connectivity index (χ3v) is 8.79. The minimum atomic E-state index is -3.13. The Morgan fingerprint density at radius 1 is 1.09 bits per heavy atom. The highest BCUT2D eigenvalue weighted by molar-refractivity contribution is 7.90. The zero-order chi connectivity index (χ0) is 31.3. The standard InChI is InChI=1S/C31H30ClFN4O5S2/c1-4-27(41-10-11-44(3,38)39)31-37-26(17-43-31)22-14-23-25(15-29(22)40-2)34-18-35-30(23)36-21-8-9-28(24(32)13-21)42-16-19-6-5-7-20(33)12-19/h5-9,12-15,17-18,27H,4,10-11,16H2,1-3H3,(H,34,35,36). The van der Waals surface area contributed by atoms with Crippen LogP contribution >= 0.6 is 22.9 Å². The molecule has 0 fully saturated rings. The number of ether oxygens (including phenoxy) is 3. The Morgan fingerprint density at radius 2 is 1.93 bits per heavy atom. The topological polar surface area (TPSA) is 113 Å². The summed E-state index contributed by atoms with van der Waals surface area (Å²) in [6.45, 7) is 2.24. The van der Waals surface area contributed by atoms with Crippen LogP contribution in [0.1, 0.15) is 30.0 Å². The lowest BCUT2D eigenvalue weighted by Crippen LogP contribution is -2.13. The minimum absolute atomic E-state index is 0.0497. The Labute approximate surface area is 263 Å². The molecule has 230 valence electrons. The van der Waals surface area contributed by atoms with Crippen molar-refractivity contribution in [1.82, 2.24) is 15.0 Å². The number of sulfone groups is 1. The maximum Gasteiger partial charge on any atom is 0.149 e. The second kappa shape index (κ2) is 13.9. The number of aromatic nitrogens is 3. The van der Waals surface area contributed by atoms with Crippen LogP contribution in [-0.2, 0) is 21.2 Å². The molecule has 0 radical (unpaired) electrons.